The molecule has 19 heavy (non-hydrogen) atoms. The summed E-state index contributed by atoms with van der Waals surface area (Å²) in [5.74, 6) is 1.07. The van der Waals surface area contributed by atoms with Gasteiger partial charge in [0, 0.05) is 17.3 Å². The quantitative estimate of drug-likeness (QED) is 0.791. The molecule has 0 spiro atoms. The van der Waals surface area contributed by atoms with Crippen LogP contribution in [0.4, 0.5) is 0 Å². The van der Waals surface area contributed by atoms with Crippen LogP contribution in [0.25, 0.3) is 0 Å². The maximum atomic E-state index is 8.97. The predicted molar refractivity (Wildman–Crippen MR) is 77.0 cm³/mol. The van der Waals surface area contributed by atoms with Gasteiger partial charge in [-0.1, -0.05) is 18.2 Å². The Hall–Kier alpha value is -1.57. The number of alkyl halides is 1. The van der Waals surface area contributed by atoms with E-state index in [-0.39, 0.29) is 6.61 Å². The molecule has 0 radical (unpaired) electrons. The van der Waals surface area contributed by atoms with Gasteiger partial charge in [-0.05, 0) is 28.1 Å². The van der Waals surface area contributed by atoms with E-state index in [0.717, 1.165) is 15.6 Å². The Morgan fingerprint density at radius 3 is 2.79 bits per heavy atom. The lowest BCUT2D eigenvalue weighted by atomic mass is 10.2. The zero-order chi connectivity index (χ0) is 13.7. The molecule has 0 fully saturated rings. The average Bonchev–Trinajstić information content (AvgIpc) is 2.46. The van der Waals surface area contributed by atoms with Gasteiger partial charge in [0.2, 0.25) is 0 Å². The summed E-state index contributed by atoms with van der Waals surface area (Å²) in [6.07, 6.45) is 1.59. The first kappa shape index (κ1) is 13.9. The molecule has 96 valence electrons. The average molecular weight is 338 g/mol. The fourth-order valence-corrected chi connectivity index (χ4v) is 2.36. The van der Waals surface area contributed by atoms with Crippen molar-refractivity contribution in [2.75, 3.05) is 0 Å². The van der Waals surface area contributed by atoms with E-state index in [1.54, 1.807) is 12.3 Å². The first-order chi connectivity index (χ1) is 9.26. The van der Waals surface area contributed by atoms with Gasteiger partial charge in [-0.25, -0.2) is 4.98 Å². The van der Waals surface area contributed by atoms with Gasteiger partial charge in [0.05, 0.1) is 10.4 Å². The topological polar surface area (TPSA) is 45.9 Å². The number of nitriles is 1. The van der Waals surface area contributed by atoms with Gasteiger partial charge in [0.1, 0.15) is 24.1 Å². The number of ether oxygens (including phenoxy) is 1. The normalized spacial score (nSPS) is 9.95. The van der Waals surface area contributed by atoms with Crippen molar-refractivity contribution < 1.29 is 4.74 Å². The van der Waals surface area contributed by atoms with Crippen molar-refractivity contribution in [2.45, 2.75) is 12.5 Å². The van der Waals surface area contributed by atoms with E-state index < -0.39 is 0 Å². The number of halogens is 2. The molecule has 0 aliphatic carbocycles. The molecule has 0 aliphatic rings. The van der Waals surface area contributed by atoms with E-state index in [4.69, 9.17) is 21.6 Å². The first-order valence-corrected chi connectivity index (χ1v) is 6.89. The van der Waals surface area contributed by atoms with Crippen LogP contribution in [0.1, 0.15) is 16.8 Å². The third-order valence-electron chi connectivity index (χ3n) is 2.56. The maximum Gasteiger partial charge on any atom is 0.147 e. The smallest absolute Gasteiger partial charge is 0.147 e. The van der Waals surface area contributed by atoms with Crippen LogP contribution in [0.2, 0.25) is 0 Å². The van der Waals surface area contributed by atoms with E-state index in [1.807, 2.05) is 30.3 Å². The van der Waals surface area contributed by atoms with Crippen LogP contribution in [-0.4, -0.2) is 4.98 Å². The minimum Gasteiger partial charge on any atom is -0.487 e. The van der Waals surface area contributed by atoms with E-state index in [0.29, 0.717) is 17.3 Å². The van der Waals surface area contributed by atoms with Gasteiger partial charge in [0.15, 0.2) is 0 Å². The Kier molecular flexibility index (Phi) is 4.78. The molecule has 0 aliphatic heterocycles. The number of para-hydroxylation sites is 1. The molecule has 0 saturated carbocycles. The molecule has 3 nitrogen and oxygen atoms in total. The van der Waals surface area contributed by atoms with Crippen molar-refractivity contribution in [3.63, 3.8) is 0 Å². The van der Waals surface area contributed by atoms with Crippen LogP contribution in [0.15, 0.2) is 41.0 Å². The number of rotatable bonds is 4. The molecule has 0 N–H and O–H groups in total. The Balaban J connectivity index is 2.22. The van der Waals surface area contributed by atoms with Crippen LogP contribution >= 0.6 is 27.5 Å². The van der Waals surface area contributed by atoms with Crippen LogP contribution < -0.4 is 4.74 Å². The van der Waals surface area contributed by atoms with Crippen molar-refractivity contribution in [3.8, 4) is 11.8 Å². The highest BCUT2D eigenvalue weighted by atomic mass is 79.9. The summed E-state index contributed by atoms with van der Waals surface area (Å²) in [5.41, 5.74) is 2.03. The summed E-state index contributed by atoms with van der Waals surface area (Å²) in [6, 6.07) is 11.3. The molecule has 0 unspecified atom stereocenters. The molecule has 0 saturated heterocycles. The maximum absolute atomic E-state index is 8.97. The first-order valence-electron chi connectivity index (χ1n) is 5.56. The summed E-state index contributed by atoms with van der Waals surface area (Å²) in [6.45, 7) is 0.281. The van der Waals surface area contributed by atoms with E-state index in [1.165, 1.54) is 0 Å². The zero-order valence-corrected chi connectivity index (χ0v) is 12.3. The summed E-state index contributed by atoms with van der Waals surface area (Å²) in [4.78, 5) is 4.00. The van der Waals surface area contributed by atoms with Crippen molar-refractivity contribution in [2.24, 2.45) is 0 Å². The molecular weight excluding hydrogens is 328 g/mol. The van der Waals surface area contributed by atoms with Gasteiger partial charge >= 0.3 is 0 Å². The Morgan fingerprint density at radius 1 is 1.26 bits per heavy atom. The number of benzene rings is 1. The largest absolute Gasteiger partial charge is 0.487 e. The number of nitrogens with zero attached hydrogens (tertiary/aromatic N) is 2. The fourth-order valence-electron chi connectivity index (χ4n) is 1.63. The second-order valence-corrected chi connectivity index (χ2v) is 4.89. The van der Waals surface area contributed by atoms with Crippen molar-refractivity contribution in [3.05, 3.63) is 57.8 Å². The molecule has 1 heterocycles. The van der Waals surface area contributed by atoms with Crippen molar-refractivity contribution >= 4 is 27.5 Å². The SMILES string of the molecule is N#Cc1ncccc1COc1c(Br)cccc1CCl. The molecule has 0 atom stereocenters. The fraction of sp³-hybridized carbons (Fsp3) is 0.143. The monoisotopic (exact) mass is 336 g/mol. The lowest BCUT2D eigenvalue weighted by molar-refractivity contribution is 0.301. The predicted octanol–water partition coefficient (Wildman–Crippen LogP) is 4.03. The Labute approximate surface area is 124 Å². The van der Waals surface area contributed by atoms with Gasteiger partial charge in [-0.3, -0.25) is 0 Å². The van der Waals surface area contributed by atoms with E-state index in [2.05, 4.69) is 20.9 Å². The lowest BCUT2D eigenvalue weighted by Crippen LogP contribution is -2.02. The highest BCUT2D eigenvalue weighted by Crippen LogP contribution is 2.30. The Bertz CT molecular complexity index is 625. The number of pyridine rings is 1. The molecule has 2 aromatic rings. The Morgan fingerprint density at radius 2 is 2.05 bits per heavy atom. The number of hydrogen-bond donors (Lipinski definition) is 0. The van der Waals surface area contributed by atoms with Crippen LogP contribution in [0, 0.1) is 11.3 Å². The second kappa shape index (κ2) is 6.55. The zero-order valence-electron chi connectivity index (χ0n) is 9.94. The molecule has 0 bridgehead atoms. The summed E-state index contributed by atoms with van der Waals surface area (Å²) in [7, 11) is 0. The second-order valence-electron chi connectivity index (χ2n) is 3.77. The van der Waals surface area contributed by atoms with Gasteiger partial charge in [0.25, 0.3) is 0 Å². The summed E-state index contributed by atoms with van der Waals surface area (Å²) >= 11 is 9.31. The minimum absolute atomic E-state index is 0.281. The minimum atomic E-state index is 0.281. The van der Waals surface area contributed by atoms with Crippen molar-refractivity contribution in [1.82, 2.24) is 4.98 Å². The summed E-state index contributed by atoms with van der Waals surface area (Å²) in [5, 5.41) is 8.97. The van der Waals surface area contributed by atoms with Gasteiger partial charge in [-0.2, -0.15) is 5.26 Å². The lowest BCUT2D eigenvalue weighted by Gasteiger charge is -2.12. The van der Waals surface area contributed by atoms with Gasteiger partial charge < -0.3 is 4.74 Å². The van der Waals surface area contributed by atoms with E-state index >= 15 is 0 Å². The standard InChI is InChI=1S/C14H10BrClN2O/c15-12-5-1-3-10(7-16)14(12)19-9-11-4-2-6-18-13(11)8-17/h1-6H,7,9H2. The number of hydrogen-bond acceptors (Lipinski definition) is 3. The van der Waals surface area contributed by atoms with Crippen LogP contribution in [0.5, 0.6) is 5.75 Å². The molecule has 1 aromatic carbocycles. The van der Waals surface area contributed by atoms with Crippen molar-refractivity contribution in [1.29, 1.82) is 5.26 Å². The third-order valence-corrected chi connectivity index (χ3v) is 3.47. The summed E-state index contributed by atoms with van der Waals surface area (Å²) < 4.78 is 6.61. The molecule has 1 aromatic heterocycles. The van der Waals surface area contributed by atoms with Gasteiger partial charge in [-0.15, -0.1) is 11.6 Å². The third kappa shape index (κ3) is 3.25. The highest BCUT2D eigenvalue weighted by molar-refractivity contribution is 9.10. The number of aromatic nitrogens is 1. The molecular formula is C14H10BrClN2O. The van der Waals surface area contributed by atoms with Crippen LogP contribution in [0.3, 0.4) is 0 Å². The molecule has 5 heteroatoms. The molecule has 2 rings (SSSR count). The highest BCUT2D eigenvalue weighted by Gasteiger charge is 2.09. The van der Waals surface area contributed by atoms with Crippen LogP contribution in [-0.2, 0) is 12.5 Å². The van der Waals surface area contributed by atoms with E-state index in [9.17, 15) is 0 Å². The molecule has 0 amide bonds.